The number of hydrogen-bond acceptors (Lipinski definition) is 1. The first-order valence-corrected chi connectivity index (χ1v) is 4.94. The normalized spacial score (nSPS) is 29.8. The summed E-state index contributed by atoms with van der Waals surface area (Å²) < 4.78 is 0. The minimum absolute atomic E-state index is 0.258. The van der Waals surface area contributed by atoms with Gasteiger partial charge in [-0.1, -0.05) is 32.8 Å². The van der Waals surface area contributed by atoms with Gasteiger partial charge in [0.05, 0.1) is 0 Å². The fourth-order valence-corrected chi connectivity index (χ4v) is 2.09. The maximum absolute atomic E-state index is 11.3. The Morgan fingerprint density at radius 1 is 1.58 bits per heavy atom. The van der Waals surface area contributed by atoms with Crippen molar-refractivity contribution in [3.8, 4) is 0 Å². The van der Waals surface area contributed by atoms with E-state index in [4.69, 9.17) is 0 Å². The Morgan fingerprint density at radius 3 is 2.92 bits per heavy atom. The molecule has 0 aromatic rings. The average Bonchev–Trinajstić information content (AvgIpc) is 2.17. The molecule has 1 rings (SSSR count). The Hall–Kier alpha value is -0.590. The van der Waals surface area contributed by atoms with Crippen molar-refractivity contribution in [1.82, 2.24) is 0 Å². The topological polar surface area (TPSA) is 17.1 Å². The lowest BCUT2D eigenvalue weighted by molar-refractivity contribution is -0.119. The molecular weight excluding hydrogens is 148 g/mol. The average molecular weight is 166 g/mol. The minimum atomic E-state index is 0.258. The van der Waals surface area contributed by atoms with Crippen molar-refractivity contribution in [1.29, 1.82) is 0 Å². The van der Waals surface area contributed by atoms with Gasteiger partial charge >= 0.3 is 0 Å². The van der Waals surface area contributed by atoms with Gasteiger partial charge in [0.2, 0.25) is 0 Å². The van der Waals surface area contributed by atoms with Crippen molar-refractivity contribution < 1.29 is 4.79 Å². The van der Waals surface area contributed by atoms with E-state index in [0.717, 1.165) is 18.8 Å². The lowest BCUT2D eigenvalue weighted by Gasteiger charge is -2.26. The summed E-state index contributed by atoms with van der Waals surface area (Å²) in [5.74, 6) is 1.34. The standard InChI is InChI=1S/C11H18O/c1-3-9-6-5-7-10(8-9)11(12)4-2/h4,9-10H,2-3,5-8H2,1H3. The van der Waals surface area contributed by atoms with E-state index >= 15 is 0 Å². The molecule has 0 saturated heterocycles. The van der Waals surface area contributed by atoms with Crippen LogP contribution in [0, 0.1) is 11.8 Å². The first-order valence-electron chi connectivity index (χ1n) is 4.94. The molecule has 0 aromatic heterocycles. The van der Waals surface area contributed by atoms with Gasteiger partial charge in [0.15, 0.2) is 5.78 Å². The van der Waals surface area contributed by atoms with E-state index < -0.39 is 0 Å². The summed E-state index contributed by atoms with van der Waals surface area (Å²) in [6, 6.07) is 0. The zero-order valence-electron chi connectivity index (χ0n) is 7.88. The van der Waals surface area contributed by atoms with Gasteiger partial charge in [-0.2, -0.15) is 0 Å². The van der Waals surface area contributed by atoms with Crippen molar-refractivity contribution in [3.05, 3.63) is 12.7 Å². The predicted octanol–water partition coefficient (Wildman–Crippen LogP) is 2.96. The van der Waals surface area contributed by atoms with E-state index in [1.807, 2.05) is 0 Å². The monoisotopic (exact) mass is 166 g/mol. The quantitative estimate of drug-likeness (QED) is 0.589. The second-order valence-electron chi connectivity index (χ2n) is 3.74. The fraction of sp³-hybridized carbons (Fsp3) is 0.727. The number of allylic oxidation sites excluding steroid dienone is 1. The van der Waals surface area contributed by atoms with Crippen LogP contribution in [0.1, 0.15) is 39.0 Å². The SMILES string of the molecule is C=CC(=O)C1CCCC(CC)C1. The summed E-state index contributed by atoms with van der Waals surface area (Å²) in [6.45, 7) is 5.75. The minimum Gasteiger partial charge on any atom is -0.295 e. The molecule has 12 heavy (non-hydrogen) atoms. The molecule has 0 aromatic carbocycles. The molecule has 0 radical (unpaired) electrons. The van der Waals surface area contributed by atoms with Crippen LogP contribution in [0.4, 0.5) is 0 Å². The highest BCUT2D eigenvalue weighted by Gasteiger charge is 2.24. The molecule has 0 N–H and O–H groups in total. The Morgan fingerprint density at radius 2 is 2.33 bits per heavy atom. The van der Waals surface area contributed by atoms with E-state index in [0.29, 0.717) is 5.92 Å². The highest BCUT2D eigenvalue weighted by atomic mass is 16.1. The molecule has 1 aliphatic rings. The molecule has 1 heteroatoms. The van der Waals surface area contributed by atoms with Crippen LogP contribution in [0.25, 0.3) is 0 Å². The number of carbonyl (C=O) groups excluding carboxylic acids is 1. The Balaban J connectivity index is 2.45. The smallest absolute Gasteiger partial charge is 0.158 e. The van der Waals surface area contributed by atoms with Gasteiger partial charge in [0, 0.05) is 5.92 Å². The van der Waals surface area contributed by atoms with Crippen LogP contribution in [0.3, 0.4) is 0 Å². The van der Waals surface area contributed by atoms with E-state index in [1.54, 1.807) is 0 Å². The molecule has 1 fully saturated rings. The van der Waals surface area contributed by atoms with Gasteiger partial charge in [-0.15, -0.1) is 0 Å². The zero-order chi connectivity index (χ0) is 8.97. The van der Waals surface area contributed by atoms with Crippen LogP contribution in [-0.4, -0.2) is 5.78 Å². The van der Waals surface area contributed by atoms with E-state index in [9.17, 15) is 4.79 Å². The third-order valence-electron chi connectivity index (χ3n) is 2.96. The van der Waals surface area contributed by atoms with E-state index in [2.05, 4.69) is 13.5 Å². The van der Waals surface area contributed by atoms with Crippen LogP contribution in [0.5, 0.6) is 0 Å². The molecular formula is C11H18O. The van der Waals surface area contributed by atoms with Gasteiger partial charge in [0.25, 0.3) is 0 Å². The summed E-state index contributed by atoms with van der Waals surface area (Å²) in [5, 5.41) is 0. The maximum Gasteiger partial charge on any atom is 0.158 e. The van der Waals surface area contributed by atoms with Crippen LogP contribution < -0.4 is 0 Å². The second-order valence-corrected chi connectivity index (χ2v) is 3.74. The van der Waals surface area contributed by atoms with Gasteiger partial charge < -0.3 is 0 Å². The van der Waals surface area contributed by atoms with Crippen molar-refractivity contribution >= 4 is 5.78 Å². The van der Waals surface area contributed by atoms with Crippen molar-refractivity contribution in [2.75, 3.05) is 0 Å². The molecule has 2 unspecified atom stereocenters. The van der Waals surface area contributed by atoms with Crippen LogP contribution in [0.15, 0.2) is 12.7 Å². The Kier molecular flexibility index (Phi) is 3.51. The third kappa shape index (κ3) is 2.20. The Bertz CT molecular complexity index is 172. The largest absolute Gasteiger partial charge is 0.295 e. The highest BCUT2D eigenvalue weighted by Crippen LogP contribution is 2.31. The summed E-state index contributed by atoms with van der Waals surface area (Å²) >= 11 is 0. The highest BCUT2D eigenvalue weighted by molar-refractivity contribution is 5.91. The summed E-state index contributed by atoms with van der Waals surface area (Å²) in [4.78, 5) is 11.3. The van der Waals surface area contributed by atoms with E-state index in [-0.39, 0.29) is 5.78 Å². The fourth-order valence-electron chi connectivity index (χ4n) is 2.09. The molecule has 1 saturated carbocycles. The van der Waals surface area contributed by atoms with Crippen molar-refractivity contribution in [2.45, 2.75) is 39.0 Å². The molecule has 2 atom stereocenters. The first kappa shape index (κ1) is 9.50. The van der Waals surface area contributed by atoms with Gasteiger partial charge in [-0.25, -0.2) is 0 Å². The predicted molar refractivity (Wildman–Crippen MR) is 50.9 cm³/mol. The van der Waals surface area contributed by atoms with Gasteiger partial charge in [-0.05, 0) is 24.8 Å². The second kappa shape index (κ2) is 4.44. The van der Waals surface area contributed by atoms with Gasteiger partial charge in [-0.3, -0.25) is 4.79 Å². The van der Waals surface area contributed by atoms with Crippen LogP contribution in [-0.2, 0) is 4.79 Å². The summed E-state index contributed by atoms with van der Waals surface area (Å²) in [5.41, 5.74) is 0. The van der Waals surface area contributed by atoms with Crippen molar-refractivity contribution in [3.63, 3.8) is 0 Å². The summed E-state index contributed by atoms with van der Waals surface area (Å²) in [7, 11) is 0. The molecule has 0 bridgehead atoms. The molecule has 0 heterocycles. The summed E-state index contributed by atoms with van der Waals surface area (Å²) in [6.07, 6.45) is 7.44. The van der Waals surface area contributed by atoms with Crippen LogP contribution >= 0.6 is 0 Å². The number of carbonyl (C=O) groups is 1. The Labute approximate surface area is 74.9 Å². The lowest BCUT2D eigenvalue weighted by Crippen LogP contribution is -2.21. The van der Waals surface area contributed by atoms with E-state index in [1.165, 1.54) is 25.3 Å². The third-order valence-corrected chi connectivity index (χ3v) is 2.96. The molecule has 0 amide bonds. The molecule has 1 aliphatic carbocycles. The van der Waals surface area contributed by atoms with Gasteiger partial charge in [0.1, 0.15) is 0 Å². The number of rotatable bonds is 3. The first-order chi connectivity index (χ1) is 5.77. The zero-order valence-corrected chi connectivity index (χ0v) is 7.88. The van der Waals surface area contributed by atoms with Crippen molar-refractivity contribution in [2.24, 2.45) is 11.8 Å². The molecule has 0 aliphatic heterocycles. The molecule has 0 spiro atoms. The molecule has 68 valence electrons. The van der Waals surface area contributed by atoms with Crippen LogP contribution in [0.2, 0.25) is 0 Å². The maximum atomic E-state index is 11.3. The number of ketones is 1. The number of hydrogen-bond donors (Lipinski definition) is 0. The lowest BCUT2D eigenvalue weighted by atomic mass is 9.78. The molecule has 1 nitrogen and oxygen atoms in total.